The number of hydrogen-bond donors (Lipinski definition) is 0. The van der Waals surface area contributed by atoms with E-state index in [2.05, 4.69) is 41.6 Å². The molecule has 76 valence electrons. The normalized spacial score (nSPS) is 10.4. The number of hydrogen-bond acceptors (Lipinski definition) is 3. The minimum Gasteiger partial charge on any atom is -0.465 e. The van der Waals surface area contributed by atoms with Gasteiger partial charge in [0.25, 0.3) is 0 Å². The van der Waals surface area contributed by atoms with Crippen molar-refractivity contribution in [1.29, 1.82) is 0 Å². The first-order valence-corrected chi connectivity index (χ1v) is 5.79. The first kappa shape index (κ1) is 11.9. The van der Waals surface area contributed by atoms with Crippen molar-refractivity contribution >= 4 is 49.4 Å². The van der Waals surface area contributed by atoms with E-state index < -0.39 is 5.97 Å². The molecule has 6 heteroatoms. The van der Waals surface area contributed by atoms with E-state index in [-0.39, 0.29) is 3.74 Å². The number of esters is 1. The van der Waals surface area contributed by atoms with Crippen molar-refractivity contribution in [2.75, 3.05) is 7.11 Å². The number of carbonyl (C=O) groups excluding carboxylic acids is 1. The van der Waals surface area contributed by atoms with Crippen LogP contribution in [0.5, 0.6) is 0 Å². The number of aromatic nitrogens is 1. The molecule has 0 aromatic carbocycles. The molecule has 0 unspecified atom stereocenters. The Hall–Kier alpha value is -0.130. The summed E-state index contributed by atoms with van der Waals surface area (Å²) in [7, 11) is 1.32. The van der Waals surface area contributed by atoms with E-state index in [1.165, 1.54) is 13.3 Å². The van der Waals surface area contributed by atoms with E-state index in [1.54, 1.807) is 6.07 Å². The van der Waals surface area contributed by atoms with Crippen molar-refractivity contribution in [2.24, 2.45) is 0 Å². The molecule has 0 saturated carbocycles. The molecule has 0 amide bonds. The number of rotatable bonds is 2. The third kappa shape index (κ3) is 2.68. The van der Waals surface area contributed by atoms with E-state index in [4.69, 9.17) is 11.6 Å². The first-order chi connectivity index (χ1) is 6.56. The van der Waals surface area contributed by atoms with E-state index in [0.717, 1.165) is 0 Å². The Morgan fingerprint density at radius 3 is 2.79 bits per heavy atom. The third-order valence-corrected chi connectivity index (χ3v) is 2.82. The molecule has 0 N–H and O–H groups in total. The van der Waals surface area contributed by atoms with Gasteiger partial charge in [-0.2, -0.15) is 0 Å². The van der Waals surface area contributed by atoms with Gasteiger partial charge in [-0.25, -0.2) is 9.78 Å². The molecule has 1 rings (SSSR count). The van der Waals surface area contributed by atoms with Crippen LogP contribution in [0.2, 0.25) is 5.15 Å². The Balaban J connectivity index is 3.13. The van der Waals surface area contributed by atoms with Gasteiger partial charge in [-0.1, -0.05) is 43.5 Å². The zero-order valence-electron chi connectivity index (χ0n) is 7.13. The SMILES string of the molecule is COC(=O)c1cnc(Cl)c(C(Br)Br)c1. The summed E-state index contributed by atoms with van der Waals surface area (Å²) in [5, 5.41) is 0.344. The molecule has 1 aromatic heterocycles. The molecule has 0 aliphatic rings. The molecule has 14 heavy (non-hydrogen) atoms. The van der Waals surface area contributed by atoms with Crippen molar-refractivity contribution in [3.05, 3.63) is 28.5 Å². The van der Waals surface area contributed by atoms with E-state index >= 15 is 0 Å². The van der Waals surface area contributed by atoms with Gasteiger partial charge in [0, 0.05) is 11.8 Å². The Kier molecular flexibility index (Phi) is 4.34. The van der Waals surface area contributed by atoms with Gasteiger partial charge in [0.05, 0.1) is 16.4 Å². The summed E-state index contributed by atoms with van der Waals surface area (Å²) in [5.41, 5.74) is 1.06. The third-order valence-electron chi connectivity index (χ3n) is 1.52. The van der Waals surface area contributed by atoms with Crippen LogP contribution in [0.1, 0.15) is 19.7 Å². The predicted molar refractivity (Wildman–Crippen MR) is 61.2 cm³/mol. The van der Waals surface area contributed by atoms with Gasteiger partial charge in [0.1, 0.15) is 5.15 Å². The van der Waals surface area contributed by atoms with Crippen LogP contribution in [0.3, 0.4) is 0 Å². The fourth-order valence-corrected chi connectivity index (χ4v) is 2.02. The average Bonchev–Trinajstić information content (AvgIpc) is 2.17. The lowest BCUT2D eigenvalue weighted by Gasteiger charge is -2.06. The molecule has 0 bridgehead atoms. The topological polar surface area (TPSA) is 39.2 Å². The highest BCUT2D eigenvalue weighted by molar-refractivity contribution is 9.24. The van der Waals surface area contributed by atoms with Crippen molar-refractivity contribution in [1.82, 2.24) is 4.98 Å². The van der Waals surface area contributed by atoms with Crippen molar-refractivity contribution in [2.45, 2.75) is 3.74 Å². The summed E-state index contributed by atoms with van der Waals surface area (Å²) in [6.07, 6.45) is 1.38. The second-order valence-corrected chi connectivity index (χ2v) is 5.81. The van der Waals surface area contributed by atoms with Crippen LogP contribution in [0, 0.1) is 0 Å². The number of halogens is 3. The van der Waals surface area contributed by atoms with Crippen LogP contribution in [0.25, 0.3) is 0 Å². The standard InChI is InChI=1S/C8H6Br2ClNO2/c1-14-8(13)4-2-5(6(9)10)7(11)12-3-4/h2-3,6H,1H3. The second-order valence-electron chi connectivity index (χ2n) is 2.40. The Labute approximate surface area is 103 Å². The fourth-order valence-electron chi connectivity index (χ4n) is 0.848. The highest BCUT2D eigenvalue weighted by Gasteiger charge is 2.13. The predicted octanol–water partition coefficient (Wildman–Crippen LogP) is 3.31. The summed E-state index contributed by atoms with van der Waals surface area (Å²) >= 11 is 12.4. The molecule has 3 nitrogen and oxygen atoms in total. The molecule has 1 heterocycles. The second kappa shape index (κ2) is 5.09. The number of ether oxygens (including phenoxy) is 1. The van der Waals surface area contributed by atoms with E-state index in [9.17, 15) is 4.79 Å². The van der Waals surface area contributed by atoms with Gasteiger partial charge in [-0.05, 0) is 6.07 Å². The number of carbonyl (C=O) groups is 1. The molecule has 0 saturated heterocycles. The zero-order chi connectivity index (χ0) is 10.7. The summed E-state index contributed by atoms with van der Waals surface area (Å²) in [6, 6.07) is 1.62. The summed E-state index contributed by atoms with van der Waals surface area (Å²) in [6.45, 7) is 0. The van der Waals surface area contributed by atoms with Gasteiger partial charge in [0.2, 0.25) is 0 Å². The highest BCUT2D eigenvalue weighted by Crippen LogP contribution is 2.33. The average molecular weight is 343 g/mol. The van der Waals surface area contributed by atoms with Crippen LogP contribution in [0.4, 0.5) is 0 Å². The lowest BCUT2D eigenvalue weighted by molar-refractivity contribution is 0.0600. The van der Waals surface area contributed by atoms with Gasteiger partial charge in [-0.15, -0.1) is 0 Å². The van der Waals surface area contributed by atoms with E-state index in [1.807, 2.05) is 0 Å². The van der Waals surface area contributed by atoms with Crippen LogP contribution < -0.4 is 0 Å². The summed E-state index contributed by atoms with van der Waals surface area (Å²) in [4.78, 5) is 15.0. The largest absolute Gasteiger partial charge is 0.465 e. The van der Waals surface area contributed by atoms with Crippen LogP contribution >= 0.6 is 43.5 Å². The van der Waals surface area contributed by atoms with E-state index in [0.29, 0.717) is 16.3 Å². The van der Waals surface area contributed by atoms with Crippen LogP contribution in [-0.2, 0) is 4.74 Å². The minimum atomic E-state index is -0.434. The van der Waals surface area contributed by atoms with Crippen molar-refractivity contribution in [3.8, 4) is 0 Å². The lowest BCUT2D eigenvalue weighted by Crippen LogP contribution is -2.03. The number of pyridine rings is 1. The smallest absolute Gasteiger partial charge is 0.339 e. The van der Waals surface area contributed by atoms with Gasteiger partial charge >= 0.3 is 5.97 Å². The molecule has 0 atom stereocenters. The number of methoxy groups -OCH3 is 1. The summed E-state index contributed by atoms with van der Waals surface area (Å²) in [5.74, 6) is -0.434. The van der Waals surface area contributed by atoms with Gasteiger partial charge < -0.3 is 4.74 Å². The maximum absolute atomic E-state index is 11.2. The molecule has 0 spiro atoms. The number of alkyl halides is 2. The number of nitrogens with zero attached hydrogens (tertiary/aromatic N) is 1. The molecule has 0 fully saturated rings. The molecule has 0 aliphatic heterocycles. The highest BCUT2D eigenvalue weighted by atomic mass is 79.9. The molecular weight excluding hydrogens is 337 g/mol. The zero-order valence-corrected chi connectivity index (χ0v) is 11.1. The van der Waals surface area contributed by atoms with Gasteiger partial charge in [-0.3, -0.25) is 0 Å². The lowest BCUT2D eigenvalue weighted by atomic mass is 10.2. The Bertz CT molecular complexity index is 357. The quantitative estimate of drug-likeness (QED) is 0.470. The molecular formula is C8H6Br2ClNO2. The maximum atomic E-state index is 11.2. The van der Waals surface area contributed by atoms with Crippen molar-refractivity contribution < 1.29 is 9.53 Å². The maximum Gasteiger partial charge on any atom is 0.339 e. The Morgan fingerprint density at radius 1 is 1.64 bits per heavy atom. The van der Waals surface area contributed by atoms with Crippen LogP contribution in [0.15, 0.2) is 12.3 Å². The molecule has 0 aliphatic carbocycles. The Morgan fingerprint density at radius 2 is 2.29 bits per heavy atom. The van der Waals surface area contributed by atoms with Crippen molar-refractivity contribution in [3.63, 3.8) is 0 Å². The molecule has 0 radical (unpaired) electrons. The first-order valence-electron chi connectivity index (χ1n) is 3.58. The summed E-state index contributed by atoms with van der Waals surface area (Å²) < 4.78 is 4.42. The monoisotopic (exact) mass is 341 g/mol. The van der Waals surface area contributed by atoms with Gasteiger partial charge in [0.15, 0.2) is 0 Å². The van der Waals surface area contributed by atoms with Crippen LogP contribution in [-0.4, -0.2) is 18.1 Å². The fraction of sp³-hybridized carbons (Fsp3) is 0.250. The minimum absolute atomic E-state index is 0.139. The molecule has 1 aromatic rings.